The summed E-state index contributed by atoms with van der Waals surface area (Å²) in [7, 11) is 0. The number of nitrogens with one attached hydrogen (secondary N) is 2. The first-order valence-electron chi connectivity index (χ1n) is 14.8. The maximum absolute atomic E-state index is 14.1. The molecule has 0 aromatic carbocycles. The van der Waals surface area contributed by atoms with E-state index in [2.05, 4.69) is 27.9 Å². The van der Waals surface area contributed by atoms with E-state index < -0.39 is 17.9 Å². The van der Waals surface area contributed by atoms with Gasteiger partial charge in [0, 0.05) is 50.9 Å². The van der Waals surface area contributed by atoms with Gasteiger partial charge in [0.05, 0.1) is 29.3 Å². The van der Waals surface area contributed by atoms with E-state index in [-0.39, 0.29) is 55.0 Å². The summed E-state index contributed by atoms with van der Waals surface area (Å²) >= 11 is 0. The second-order valence-corrected chi connectivity index (χ2v) is 12.1. The number of aromatic nitrogens is 6. The van der Waals surface area contributed by atoms with Gasteiger partial charge in [0.1, 0.15) is 5.69 Å². The highest BCUT2D eigenvalue weighted by atomic mass is 19.3. The second kappa shape index (κ2) is 11.6. The van der Waals surface area contributed by atoms with E-state index >= 15 is 0 Å². The SMILES string of the molecule is Cc1nonc1C(=O)N[C@H](c1cn2nc(C[C@@H]3C[C@@H](C)CNC3=O)c(C3CCOCC3)nc2n1)C1CCC(F)(F)CC1. The van der Waals surface area contributed by atoms with Crippen LogP contribution in [0.25, 0.3) is 5.78 Å². The molecule has 0 radical (unpaired) electrons. The summed E-state index contributed by atoms with van der Waals surface area (Å²) in [6.45, 7) is 5.63. The molecule has 2 aliphatic heterocycles. The van der Waals surface area contributed by atoms with Gasteiger partial charge in [-0.2, -0.15) is 5.10 Å². The molecule has 2 amide bonds. The molecule has 1 saturated carbocycles. The number of rotatable bonds is 7. The minimum atomic E-state index is -2.73. The molecule has 226 valence electrons. The van der Waals surface area contributed by atoms with Gasteiger partial charge in [-0.3, -0.25) is 9.59 Å². The van der Waals surface area contributed by atoms with Crippen molar-refractivity contribution in [3.05, 3.63) is 34.7 Å². The van der Waals surface area contributed by atoms with E-state index in [0.717, 1.165) is 30.7 Å². The summed E-state index contributed by atoms with van der Waals surface area (Å²) in [6.07, 6.45) is 4.41. The Kier molecular flexibility index (Phi) is 7.90. The topological polar surface area (TPSA) is 149 Å². The van der Waals surface area contributed by atoms with Crippen molar-refractivity contribution in [3.63, 3.8) is 0 Å². The lowest BCUT2D eigenvalue weighted by atomic mass is 9.81. The zero-order chi connectivity index (χ0) is 29.4. The molecule has 2 saturated heterocycles. The van der Waals surface area contributed by atoms with Crippen molar-refractivity contribution >= 4 is 17.6 Å². The second-order valence-electron chi connectivity index (χ2n) is 12.1. The average molecular weight is 587 g/mol. The third-order valence-electron chi connectivity index (χ3n) is 8.87. The standard InChI is InChI=1S/C28H36F2N8O4/c1-15-11-19(25(39)31-13-15)12-20-23(18-5-9-41-10-6-18)34-27-32-21(14-38(27)35-20)24(17-3-7-28(29,30)8-4-17)33-26(40)22-16(2)36-42-37-22/h14-15,17-19,24H,3-13H2,1-2H3,(H,31,39)(H,33,40)/t15-,19+,24+/m1/s1. The number of amides is 2. The molecule has 0 spiro atoms. The highest BCUT2D eigenvalue weighted by Gasteiger charge is 2.40. The van der Waals surface area contributed by atoms with E-state index in [9.17, 15) is 18.4 Å². The summed E-state index contributed by atoms with van der Waals surface area (Å²) in [6, 6.07) is -0.673. The number of halogens is 2. The van der Waals surface area contributed by atoms with Crippen LogP contribution in [-0.4, -0.2) is 67.4 Å². The van der Waals surface area contributed by atoms with Crippen LogP contribution in [0.5, 0.6) is 0 Å². The molecule has 3 aromatic heterocycles. The highest BCUT2D eigenvalue weighted by Crippen LogP contribution is 2.41. The number of imidazole rings is 1. The molecule has 1 aliphatic carbocycles. The number of piperidine rings is 1. The van der Waals surface area contributed by atoms with E-state index in [4.69, 9.17) is 24.4 Å². The van der Waals surface area contributed by atoms with Crippen LogP contribution in [0.2, 0.25) is 0 Å². The zero-order valence-corrected chi connectivity index (χ0v) is 23.8. The smallest absolute Gasteiger partial charge is 0.276 e. The Morgan fingerprint density at radius 2 is 1.95 bits per heavy atom. The van der Waals surface area contributed by atoms with Crippen molar-refractivity contribution in [2.75, 3.05) is 19.8 Å². The number of nitrogens with zero attached hydrogens (tertiary/aromatic N) is 6. The number of alkyl halides is 2. The molecule has 5 heterocycles. The van der Waals surface area contributed by atoms with Crippen molar-refractivity contribution < 1.29 is 27.7 Å². The molecule has 6 rings (SSSR count). The van der Waals surface area contributed by atoms with E-state index in [1.807, 2.05) is 0 Å². The summed E-state index contributed by atoms with van der Waals surface area (Å²) in [5.41, 5.74) is 2.40. The van der Waals surface area contributed by atoms with Gasteiger partial charge in [0.15, 0.2) is 5.69 Å². The number of aryl methyl sites for hydroxylation is 1. The number of ether oxygens (including phenoxy) is 1. The van der Waals surface area contributed by atoms with Gasteiger partial charge in [0.2, 0.25) is 11.8 Å². The van der Waals surface area contributed by atoms with Gasteiger partial charge in [-0.25, -0.2) is 27.9 Å². The van der Waals surface area contributed by atoms with Gasteiger partial charge in [0.25, 0.3) is 11.7 Å². The molecule has 2 N–H and O–H groups in total. The van der Waals surface area contributed by atoms with Crippen LogP contribution in [0.15, 0.2) is 10.8 Å². The maximum Gasteiger partial charge on any atom is 0.276 e. The quantitative estimate of drug-likeness (QED) is 0.425. The predicted molar refractivity (Wildman–Crippen MR) is 144 cm³/mol. The van der Waals surface area contributed by atoms with Crippen molar-refractivity contribution in [3.8, 4) is 0 Å². The van der Waals surface area contributed by atoms with Gasteiger partial charge < -0.3 is 15.4 Å². The van der Waals surface area contributed by atoms with Gasteiger partial charge in [-0.15, -0.1) is 0 Å². The summed E-state index contributed by atoms with van der Waals surface area (Å²) < 4.78 is 40.0. The van der Waals surface area contributed by atoms with Crippen molar-refractivity contribution in [2.24, 2.45) is 17.8 Å². The van der Waals surface area contributed by atoms with Gasteiger partial charge in [-0.05, 0) is 56.0 Å². The molecule has 14 heteroatoms. The van der Waals surface area contributed by atoms with Crippen molar-refractivity contribution in [2.45, 2.75) is 83.1 Å². The Labute approximate surface area is 241 Å². The molecule has 3 aromatic rings. The Morgan fingerprint density at radius 1 is 1.19 bits per heavy atom. The normalized spacial score (nSPS) is 24.4. The van der Waals surface area contributed by atoms with Crippen molar-refractivity contribution in [1.82, 2.24) is 40.5 Å². The molecule has 0 unspecified atom stereocenters. The first kappa shape index (κ1) is 28.6. The first-order valence-corrected chi connectivity index (χ1v) is 14.8. The van der Waals surface area contributed by atoms with Crippen LogP contribution in [-0.2, 0) is 16.0 Å². The van der Waals surface area contributed by atoms with Crippen LogP contribution in [0, 0.1) is 24.7 Å². The van der Waals surface area contributed by atoms with Crippen LogP contribution < -0.4 is 10.6 Å². The molecule has 0 bridgehead atoms. The number of carbonyl (C=O) groups is 2. The first-order chi connectivity index (χ1) is 20.2. The number of carbonyl (C=O) groups excluding carboxylic acids is 2. The lowest BCUT2D eigenvalue weighted by Crippen LogP contribution is -2.41. The van der Waals surface area contributed by atoms with E-state index in [1.165, 1.54) is 0 Å². The molecule has 12 nitrogen and oxygen atoms in total. The minimum absolute atomic E-state index is 0.0220. The number of hydrogen-bond acceptors (Lipinski definition) is 9. The fourth-order valence-corrected chi connectivity index (χ4v) is 6.46. The third-order valence-corrected chi connectivity index (χ3v) is 8.87. The number of fused-ring (bicyclic) bond motifs is 1. The molecule has 42 heavy (non-hydrogen) atoms. The Hall–Kier alpha value is -3.55. The molecule has 3 atom stereocenters. The maximum atomic E-state index is 14.1. The lowest BCUT2D eigenvalue weighted by Gasteiger charge is -2.33. The predicted octanol–water partition coefficient (Wildman–Crippen LogP) is 3.32. The summed E-state index contributed by atoms with van der Waals surface area (Å²) in [4.78, 5) is 35.6. The Balaban J connectivity index is 1.36. The van der Waals surface area contributed by atoms with Crippen LogP contribution in [0.1, 0.15) is 97.1 Å². The van der Waals surface area contributed by atoms with E-state index in [0.29, 0.717) is 49.3 Å². The minimum Gasteiger partial charge on any atom is -0.381 e. The lowest BCUT2D eigenvalue weighted by molar-refractivity contribution is -0.127. The fourth-order valence-electron chi connectivity index (χ4n) is 6.46. The van der Waals surface area contributed by atoms with Crippen LogP contribution in [0.4, 0.5) is 8.78 Å². The molecular weight excluding hydrogens is 550 g/mol. The molecular formula is C28H36F2N8O4. The van der Waals surface area contributed by atoms with Crippen molar-refractivity contribution in [1.29, 1.82) is 0 Å². The average Bonchev–Trinajstić information content (AvgIpc) is 3.59. The third kappa shape index (κ3) is 5.99. The largest absolute Gasteiger partial charge is 0.381 e. The monoisotopic (exact) mass is 586 g/mol. The van der Waals surface area contributed by atoms with Gasteiger partial charge in [-0.1, -0.05) is 12.1 Å². The summed E-state index contributed by atoms with van der Waals surface area (Å²) in [5, 5.41) is 18.3. The van der Waals surface area contributed by atoms with Gasteiger partial charge >= 0.3 is 0 Å². The highest BCUT2D eigenvalue weighted by molar-refractivity contribution is 5.93. The Bertz CT molecular complexity index is 1440. The van der Waals surface area contributed by atoms with Crippen LogP contribution in [0.3, 0.4) is 0 Å². The number of hydrogen-bond donors (Lipinski definition) is 2. The summed E-state index contributed by atoms with van der Waals surface area (Å²) in [5.74, 6) is -2.87. The van der Waals surface area contributed by atoms with Crippen LogP contribution >= 0.6 is 0 Å². The molecule has 3 aliphatic rings. The Morgan fingerprint density at radius 3 is 2.67 bits per heavy atom. The van der Waals surface area contributed by atoms with E-state index in [1.54, 1.807) is 17.6 Å². The molecule has 3 fully saturated rings. The zero-order valence-electron chi connectivity index (χ0n) is 23.8. The fraction of sp³-hybridized carbons (Fsp3) is 0.679.